The van der Waals surface area contributed by atoms with Crippen molar-refractivity contribution >= 4 is 34.2 Å². The lowest BCUT2D eigenvalue weighted by Gasteiger charge is -2.38. The topological polar surface area (TPSA) is 70.5 Å². The highest BCUT2D eigenvalue weighted by Gasteiger charge is 2.27. The smallest absolute Gasteiger partial charge is 0.321 e. The van der Waals surface area contributed by atoms with Crippen molar-refractivity contribution in [1.82, 2.24) is 19.4 Å². The Morgan fingerprint density at radius 3 is 2.43 bits per heavy atom. The zero-order valence-electron chi connectivity index (χ0n) is 17.0. The third-order valence-corrected chi connectivity index (χ3v) is 5.89. The average molecular weight is 426 g/mol. The molecule has 0 aliphatic carbocycles. The van der Waals surface area contributed by atoms with Crippen molar-refractivity contribution in [2.45, 2.75) is 13.0 Å². The Morgan fingerprint density at radius 2 is 1.73 bits per heavy atom. The Bertz CT molecular complexity index is 1120. The minimum Gasteiger partial charge on any atom is -0.322 e. The molecule has 7 nitrogen and oxygen atoms in total. The zero-order valence-corrected chi connectivity index (χ0v) is 17.8. The van der Waals surface area contributed by atoms with Crippen LogP contribution in [0.1, 0.15) is 18.8 Å². The molecular weight excluding hydrogens is 402 g/mol. The summed E-state index contributed by atoms with van der Waals surface area (Å²) in [5, 5.41) is 4.16. The number of hydrogen-bond donors (Lipinski definition) is 1. The quantitative estimate of drug-likeness (QED) is 0.697. The van der Waals surface area contributed by atoms with Crippen molar-refractivity contribution in [1.29, 1.82) is 0 Å². The molecule has 0 saturated carbocycles. The molecule has 1 N–H and O–H groups in total. The standard InChI is InChI=1S/C22H24ClN5O2/c1-15(20-25-19-6-4-3-5-18(19)21(29)26(20)2)27-11-13-28(14-12-27)22(30)24-17-9-7-16(23)8-10-17/h3-10,15H,11-14H2,1-2H3,(H,24,30). The maximum Gasteiger partial charge on any atom is 0.321 e. The molecule has 8 heteroatoms. The van der Waals surface area contributed by atoms with Crippen LogP contribution in [0.15, 0.2) is 53.3 Å². The number of piperazine rings is 1. The van der Waals surface area contributed by atoms with E-state index in [1.807, 2.05) is 18.2 Å². The van der Waals surface area contributed by atoms with Gasteiger partial charge in [0.15, 0.2) is 0 Å². The van der Waals surface area contributed by atoms with E-state index in [0.29, 0.717) is 42.1 Å². The first-order valence-electron chi connectivity index (χ1n) is 9.95. The molecule has 1 aromatic heterocycles. The largest absolute Gasteiger partial charge is 0.322 e. The predicted octanol–water partition coefficient (Wildman–Crippen LogP) is 3.50. The Kier molecular flexibility index (Phi) is 5.74. The maximum absolute atomic E-state index is 12.7. The van der Waals surface area contributed by atoms with Crippen molar-refractivity contribution in [2.75, 3.05) is 31.5 Å². The fraction of sp³-hybridized carbons (Fsp3) is 0.318. The Morgan fingerprint density at radius 1 is 1.07 bits per heavy atom. The second-order valence-electron chi connectivity index (χ2n) is 7.49. The van der Waals surface area contributed by atoms with Gasteiger partial charge in [-0.3, -0.25) is 14.3 Å². The number of urea groups is 1. The SMILES string of the molecule is CC(c1nc2ccccc2c(=O)n1C)N1CCN(C(=O)Nc2ccc(Cl)cc2)CC1. The summed E-state index contributed by atoms with van der Waals surface area (Å²) in [7, 11) is 1.77. The van der Waals surface area contributed by atoms with E-state index in [-0.39, 0.29) is 17.6 Å². The van der Waals surface area contributed by atoms with Crippen LogP contribution >= 0.6 is 11.6 Å². The van der Waals surface area contributed by atoms with Crippen molar-refractivity contribution in [2.24, 2.45) is 7.05 Å². The summed E-state index contributed by atoms with van der Waals surface area (Å²) >= 11 is 5.89. The molecule has 30 heavy (non-hydrogen) atoms. The van der Waals surface area contributed by atoms with Crippen LogP contribution in [0.3, 0.4) is 0 Å². The number of halogens is 1. The van der Waals surface area contributed by atoms with Crippen molar-refractivity contribution in [3.05, 3.63) is 69.7 Å². The van der Waals surface area contributed by atoms with E-state index < -0.39 is 0 Å². The molecule has 3 aromatic rings. The molecule has 2 aromatic carbocycles. The fourth-order valence-corrected chi connectivity index (χ4v) is 3.95. The lowest BCUT2D eigenvalue weighted by Crippen LogP contribution is -2.51. The van der Waals surface area contributed by atoms with Crippen molar-refractivity contribution < 1.29 is 4.79 Å². The molecule has 0 radical (unpaired) electrons. The third kappa shape index (κ3) is 4.04. The van der Waals surface area contributed by atoms with Crippen LogP contribution in [0.25, 0.3) is 10.9 Å². The molecule has 2 amide bonds. The number of carbonyl (C=O) groups excluding carboxylic acids is 1. The first-order chi connectivity index (χ1) is 14.4. The van der Waals surface area contributed by atoms with Gasteiger partial charge in [-0.05, 0) is 43.3 Å². The van der Waals surface area contributed by atoms with Gasteiger partial charge in [-0.2, -0.15) is 0 Å². The van der Waals surface area contributed by atoms with Crippen molar-refractivity contribution in [3.8, 4) is 0 Å². The molecule has 1 fully saturated rings. The lowest BCUT2D eigenvalue weighted by molar-refractivity contribution is 0.114. The number of benzene rings is 2. The number of hydrogen-bond acceptors (Lipinski definition) is 4. The van der Waals surface area contributed by atoms with E-state index in [9.17, 15) is 9.59 Å². The molecule has 4 rings (SSSR count). The van der Waals surface area contributed by atoms with E-state index in [0.717, 1.165) is 11.5 Å². The second-order valence-corrected chi connectivity index (χ2v) is 7.92. The van der Waals surface area contributed by atoms with E-state index in [1.54, 1.807) is 46.8 Å². The van der Waals surface area contributed by atoms with Gasteiger partial charge in [-0.15, -0.1) is 0 Å². The molecular formula is C22H24ClN5O2. The van der Waals surface area contributed by atoms with Gasteiger partial charge in [-0.25, -0.2) is 9.78 Å². The fourth-order valence-electron chi connectivity index (χ4n) is 3.82. The van der Waals surface area contributed by atoms with Crippen LogP contribution in [0.5, 0.6) is 0 Å². The number of nitrogens with zero attached hydrogens (tertiary/aromatic N) is 4. The zero-order chi connectivity index (χ0) is 21.3. The molecule has 1 atom stereocenters. The van der Waals surface area contributed by atoms with Gasteiger partial charge in [-0.1, -0.05) is 23.7 Å². The van der Waals surface area contributed by atoms with E-state index in [2.05, 4.69) is 17.1 Å². The first kappa shape index (κ1) is 20.4. The number of anilines is 1. The Balaban J connectivity index is 1.43. The van der Waals surface area contributed by atoms with Crippen LogP contribution in [-0.4, -0.2) is 51.6 Å². The van der Waals surface area contributed by atoms with E-state index in [1.165, 1.54) is 0 Å². The predicted molar refractivity (Wildman–Crippen MR) is 119 cm³/mol. The van der Waals surface area contributed by atoms with Crippen LogP contribution in [0.4, 0.5) is 10.5 Å². The highest BCUT2D eigenvalue weighted by atomic mass is 35.5. The van der Waals surface area contributed by atoms with Gasteiger partial charge < -0.3 is 10.2 Å². The van der Waals surface area contributed by atoms with Crippen LogP contribution < -0.4 is 10.9 Å². The molecule has 1 aliphatic heterocycles. The van der Waals surface area contributed by atoms with Crippen molar-refractivity contribution in [3.63, 3.8) is 0 Å². The summed E-state index contributed by atoms with van der Waals surface area (Å²) in [6.07, 6.45) is 0. The Hall–Kier alpha value is -2.90. The van der Waals surface area contributed by atoms with Gasteiger partial charge in [0.1, 0.15) is 5.82 Å². The molecule has 2 heterocycles. The monoisotopic (exact) mass is 425 g/mol. The van der Waals surface area contributed by atoms with Crippen LogP contribution in [0.2, 0.25) is 5.02 Å². The minimum atomic E-state index is -0.124. The van der Waals surface area contributed by atoms with E-state index >= 15 is 0 Å². The average Bonchev–Trinajstić information content (AvgIpc) is 2.77. The number of amides is 2. The number of para-hydroxylation sites is 1. The molecule has 0 spiro atoms. The second kappa shape index (κ2) is 8.45. The summed E-state index contributed by atoms with van der Waals surface area (Å²) in [5.41, 5.74) is 1.39. The number of fused-ring (bicyclic) bond motifs is 1. The normalized spacial score (nSPS) is 15.9. The van der Waals surface area contributed by atoms with E-state index in [4.69, 9.17) is 16.6 Å². The number of aromatic nitrogens is 2. The number of rotatable bonds is 3. The summed E-state index contributed by atoms with van der Waals surface area (Å²) in [5.74, 6) is 0.734. The molecule has 156 valence electrons. The summed E-state index contributed by atoms with van der Waals surface area (Å²) in [4.78, 5) is 34.1. The maximum atomic E-state index is 12.7. The highest BCUT2D eigenvalue weighted by molar-refractivity contribution is 6.30. The summed E-state index contributed by atoms with van der Waals surface area (Å²) < 4.78 is 1.63. The first-order valence-corrected chi connectivity index (χ1v) is 10.3. The molecule has 1 aliphatic rings. The molecule has 1 unspecified atom stereocenters. The number of nitrogens with one attached hydrogen (secondary N) is 1. The Labute approximate surface area is 179 Å². The minimum absolute atomic E-state index is 0.0335. The molecule has 1 saturated heterocycles. The third-order valence-electron chi connectivity index (χ3n) is 5.64. The summed E-state index contributed by atoms with van der Waals surface area (Å²) in [6.45, 7) is 4.67. The van der Waals surface area contributed by atoms with Crippen LogP contribution in [-0.2, 0) is 7.05 Å². The van der Waals surface area contributed by atoms with Gasteiger partial charge in [0.25, 0.3) is 5.56 Å². The highest BCUT2D eigenvalue weighted by Crippen LogP contribution is 2.21. The summed E-state index contributed by atoms with van der Waals surface area (Å²) in [6, 6.07) is 14.3. The number of carbonyl (C=O) groups is 1. The van der Waals surface area contributed by atoms with Gasteiger partial charge in [0.05, 0.1) is 16.9 Å². The molecule has 0 bridgehead atoms. The van der Waals surface area contributed by atoms with Crippen LogP contribution in [0, 0.1) is 0 Å². The lowest BCUT2D eigenvalue weighted by atomic mass is 10.2. The van der Waals surface area contributed by atoms with Gasteiger partial charge >= 0.3 is 6.03 Å². The van der Waals surface area contributed by atoms with Gasteiger partial charge in [0, 0.05) is 43.9 Å². The van der Waals surface area contributed by atoms with Gasteiger partial charge in [0.2, 0.25) is 0 Å².